The van der Waals surface area contributed by atoms with Crippen LogP contribution in [0.5, 0.6) is 0 Å². The van der Waals surface area contributed by atoms with Crippen molar-refractivity contribution < 1.29 is 0 Å². The molecule has 0 aliphatic carbocycles. The highest BCUT2D eigenvalue weighted by atomic mass is 32.1. The lowest BCUT2D eigenvalue weighted by molar-refractivity contribution is 1.27. The summed E-state index contributed by atoms with van der Waals surface area (Å²) >= 11 is 1.21. The zero-order valence-corrected chi connectivity index (χ0v) is 8.98. The van der Waals surface area contributed by atoms with E-state index in [0.29, 0.717) is 17.9 Å². The molecule has 74 valence electrons. The van der Waals surface area contributed by atoms with E-state index in [-0.39, 0.29) is 0 Å². The summed E-state index contributed by atoms with van der Waals surface area (Å²) in [6.07, 6.45) is 2.04. The topological polar surface area (TPSA) is 74.7 Å². The Balaban J connectivity index is 2.69. The molecule has 1 aromatic rings. The fourth-order valence-corrected chi connectivity index (χ4v) is 1.55. The van der Waals surface area contributed by atoms with E-state index in [4.69, 9.17) is 11.0 Å². The number of hydrogen-bond acceptors (Lipinski definition) is 5. The normalized spacial score (nSPS) is 9.21. The van der Waals surface area contributed by atoms with Gasteiger partial charge in [0.25, 0.3) is 0 Å². The molecule has 0 bridgehead atoms. The molecule has 0 fully saturated rings. The minimum Gasteiger partial charge on any atom is -0.382 e. The molecular weight excluding hydrogens is 196 g/mol. The number of rotatable bonds is 3. The number of aromatic nitrogens is 1. The van der Waals surface area contributed by atoms with Crippen molar-refractivity contribution in [3.05, 3.63) is 17.2 Å². The first-order chi connectivity index (χ1) is 6.65. The summed E-state index contributed by atoms with van der Waals surface area (Å²) in [4.78, 5) is 0. The van der Waals surface area contributed by atoms with Gasteiger partial charge in [0, 0.05) is 6.54 Å². The molecule has 0 aromatic carbocycles. The molecule has 0 unspecified atom stereocenters. The Bertz CT molecular complexity index is 382. The van der Waals surface area contributed by atoms with E-state index in [1.807, 2.05) is 26.0 Å². The van der Waals surface area contributed by atoms with Crippen molar-refractivity contribution in [2.24, 2.45) is 0 Å². The number of nitrogens with one attached hydrogen (secondary N) is 1. The second kappa shape index (κ2) is 4.63. The van der Waals surface area contributed by atoms with Crippen LogP contribution in [0.1, 0.15) is 19.4 Å². The van der Waals surface area contributed by atoms with E-state index in [2.05, 4.69) is 9.69 Å². The summed E-state index contributed by atoms with van der Waals surface area (Å²) in [6, 6.07) is 2.02. The zero-order valence-electron chi connectivity index (χ0n) is 8.16. The summed E-state index contributed by atoms with van der Waals surface area (Å²) < 4.78 is 3.90. The van der Waals surface area contributed by atoms with Gasteiger partial charge in [-0.2, -0.15) is 9.64 Å². The van der Waals surface area contributed by atoms with Gasteiger partial charge in [0.15, 0.2) is 5.82 Å². The van der Waals surface area contributed by atoms with Gasteiger partial charge in [0.2, 0.25) is 0 Å². The van der Waals surface area contributed by atoms with Gasteiger partial charge in [-0.15, -0.1) is 0 Å². The SMILES string of the molecule is CC(C)=CCNc1snc(N)c1C#N. The van der Waals surface area contributed by atoms with Crippen LogP contribution < -0.4 is 11.1 Å². The summed E-state index contributed by atoms with van der Waals surface area (Å²) in [5.74, 6) is 0.303. The lowest BCUT2D eigenvalue weighted by atomic mass is 10.3. The van der Waals surface area contributed by atoms with E-state index in [1.165, 1.54) is 17.1 Å². The van der Waals surface area contributed by atoms with Crippen molar-refractivity contribution in [1.29, 1.82) is 5.26 Å². The molecule has 3 N–H and O–H groups in total. The highest BCUT2D eigenvalue weighted by Crippen LogP contribution is 2.25. The quantitative estimate of drug-likeness (QED) is 0.745. The van der Waals surface area contributed by atoms with Crippen molar-refractivity contribution in [3.63, 3.8) is 0 Å². The van der Waals surface area contributed by atoms with Crippen molar-refractivity contribution in [2.75, 3.05) is 17.6 Å². The summed E-state index contributed by atoms with van der Waals surface area (Å²) in [6.45, 7) is 4.74. The van der Waals surface area contributed by atoms with Crippen molar-refractivity contribution in [2.45, 2.75) is 13.8 Å². The van der Waals surface area contributed by atoms with Crippen LogP contribution in [0.15, 0.2) is 11.6 Å². The largest absolute Gasteiger partial charge is 0.382 e. The van der Waals surface area contributed by atoms with Crippen LogP contribution in [0.4, 0.5) is 10.8 Å². The molecule has 0 aliphatic rings. The summed E-state index contributed by atoms with van der Waals surface area (Å²) in [5.41, 5.74) is 7.18. The Morgan fingerprint density at radius 1 is 1.71 bits per heavy atom. The van der Waals surface area contributed by atoms with Crippen LogP contribution in [0.2, 0.25) is 0 Å². The maximum Gasteiger partial charge on any atom is 0.157 e. The smallest absolute Gasteiger partial charge is 0.157 e. The third-order valence-corrected chi connectivity index (χ3v) is 2.42. The zero-order chi connectivity index (χ0) is 10.6. The molecule has 0 saturated heterocycles. The van der Waals surface area contributed by atoms with Crippen LogP contribution >= 0.6 is 11.5 Å². The van der Waals surface area contributed by atoms with Crippen LogP contribution in [-0.2, 0) is 0 Å². The first kappa shape index (κ1) is 10.5. The fraction of sp³-hybridized carbons (Fsp3) is 0.333. The lowest BCUT2D eigenvalue weighted by Crippen LogP contribution is -1.98. The fourth-order valence-electron chi connectivity index (χ4n) is 0.879. The Morgan fingerprint density at radius 3 is 3.00 bits per heavy atom. The van der Waals surface area contributed by atoms with Gasteiger partial charge < -0.3 is 11.1 Å². The van der Waals surface area contributed by atoms with Gasteiger partial charge in [-0.1, -0.05) is 11.6 Å². The predicted octanol–water partition coefficient (Wildman–Crippen LogP) is 1.98. The van der Waals surface area contributed by atoms with Gasteiger partial charge in [-0.3, -0.25) is 0 Å². The van der Waals surface area contributed by atoms with E-state index >= 15 is 0 Å². The second-order valence-corrected chi connectivity index (χ2v) is 3.82. The summed E-state index contributed by atoms with van der Waals surface area (Å²) in [7, 11) is 0. The number of anilines is 2. The predicted molar refractivity (Wildman–Crippen MR) is 59.2 cm³/mol. The number of nitrogen functional groups attached to an aromatic ring is 1. The van der Waals surface area contributed by atoms with E-state index < -0.39 is 0 Å². The minimum atomic E-state index is 0.303. The molecule has 0 saturated carbocycles. The Morgan fingerprint density at radius 2 is 2.43 bits per heavy atom. The molecule has 4 nitrogen and oxygen atoms in total. The van der Waals surface area contributed by atoms with E-state index in [1.54, 1.807) is 0 Å². The van der Waals surface area contributed by atoms with Gasteiger partial charge in [-0.25, -0.2) is 0 Å². The standard InChI is InChI=1S/C9H12N4S/c1-6(2)3-4-12-9-7(5-10)8(11)13-14-9/h3,12H,4H2,1-2H3,(H2,11,13). The van der Waals surface area contributed by atoms with Gasteiger partial charge in [0.1, 0.15) is 16.6 Å². The number of nitrogens with two attached hydrogens (primary N) is 1. The van der Waals surface area contributed by atoms with Gasteiger partial charge >= 0.3 is 0 Å². The summed E-state index contributed by atoms with van der Waals surface area (Å²) in [5, 5.41) is 12.6. The Labute approximate surface area is 87.2 Å². The van der Waals surface area contributed by atoms with Crippen molar-refractivity contribution in [1.82, 2.24) is 4.37 Å². The van der Waals surface area contributed by atoms with Gasteiger partial charge in [0.05, 0.1) is 0 Å². The lowest BCUT2D eigenvalue weighted by Gasteiger charge is -1.99. The molecule has 0 spiro atoms. The second-order valence-electron chi connectivity index (χ2n) is 3.05. The van der Waals surface area contributed by atoms with Crippen LogP contribution in [-0.4, -0.2) is 10.9 Å². The third-order valence-electron chi connectivity index (χ3n) is 1.60. The Hall–Kier alpha value is -1.54. The van der Waals surface area contributed by atoms with Crippen LogP contribution in [0, 0.1) is 11.3 Å². The van der Waals surface area contributed by atoms with Crippen LogP contribution in [0.25, 0.3) is 0 Å². The molecule has 1 heterocycles. The third kappa shape index (κ3) is 2.47. The van der Waals surface area contributed by atoms with Crippen molar-refractivity contribution in [3.8, 4) is 6.07 Å². The first-order valence-electron chi connectivity index (χ1n) is 4.17. The maximum atomic E-state index is 8.78. The molecule has 0 radical (unpaired) electrons. The number of allylic oxidation sites excluding steroid dienone is 1. The average Bonchev–Trinajstić information content (AvgIpc) is 2.46. The maximum absolute atomic E-state index is 8.78. The molecule has 0 amide bonds. The number of nitrogens with zero attached hydrogens (tertiary/aromatic N) is 2. The van der Waals surface area contributed by atoms with E-state index in [0.717, 1.165) is 5.00 Å². The average molecular weight is 208 g/mol. The molecule has 1 aromatic heterocycles. The molecule has 0 aliphatic heterocycles. The highest BCUT2D eigenvalue weighted by Gasteiger charge is 2.08. The Kier molecular flexibility index (Phi) is 3.48. The van der Waals surface area contributed by atoms with E-state index in [9.17, 15) is 0 Å². The molecule has 0 atom stereocenters. The molecule has 14 heavy (non-hydrogen) atoms. The highest BCUT2D eigenvalue weighted by molar-refractivity contribution is 7.10. The molecule has 1 rings (SSSR count). The van der Waals surface area contributed by atoms with Crippen LogP contribution in [0.3, 0.4) is 0 Å². The van der Waals surface area contributed by atoms with Crippen molar-refractivity contribution >= 4 is 22.4 Å². The first-order valence-corrected chi connectivity index (χ1v) is 4.95. The molecular formula is C9H12N4S. The number of hydrogen-bond donors (Lipinski definition) is 2. The minimum absolute atomic E-state index is 0.303. The monoisotopic (exact) mass is 208 g/mol. The van der Waals surface area contributed by atoms with Gasteiger partial charge in [-0.05, 0) is 25.4 Å². The molecule has 5 heteroatoms. The number of nitriles is 1.